The van der Waals surface area contributed by atoms with E-state index in [0.717, 1.165) is 4.70 Å². The molecule has 0 saturated heterocycles. The van der Waals surface area contributed by atoms with E-state index >= 15 is 0 Å². The van der Waals surface area contributed by atoms with Crippen molar-refractivity contribution in [3.8, 4) is 0 Å². The second-order valence-electron chi connectivity index (χ2n) is 5.44. The SMILES string of the molecule is CC(C)(C)CNC(=O)c1sc2cccnc2c1N. The number of nitrogen functional groups attached to an aromatic ring is 1. The van der Waals surface area contributed by atoms with Crippen molar-refractivity contribution < 1.29 is 4.79 Å². The molecule has 0 atom stereocenters. The molecule has 0 aliphatic heterocycles. The summed E-state index contributed by atoms with van der Waals surface area (Å²) in [6.07, 6.45) is 1.68. The Balaban J connectivity index is 2.26. The lowest BCUT2D eigenvalue weighted by Crippen LogP contribution is -2.32. The maximum absolute atomic E-state index is 12.1. The van der Waals surface area contributed by atoms with Crippen LogP contribution < -0.4 is 11.1 Å². The number of carbonyl (C=O) groups is 1. The third-order valence-corrected chi connectivity index (χ3v) is 3.63. The molecule has 0 aromatic carbocycles. The van der Waals surface area contributed by atoms with Crippen LogP contribution in [0.4, 0.5) is 5.69 Å². The molecular formula is C13H17N3OS. The quantitative estimate of drug-likeness (QED) is 0.875. The minimum absolute atomic E-state index is 0.0549. The molecule has 4 nitrogen and oxygen atoms in total. The molecule has 0 unspecified atom stereocenters. The fraction of sp³-hybridized carbons (Fsp3) is 0.385. The highest BCUT2D eigenvalue weighted by molar-refractivity contribution is 7.21. The largest absolute Gasteiger partial charge is 0.396 e. The molecule has 2 rings (SSSR count). The molecule has 2 heterocycles. The van der Waals surface area contributed by atoms with Crippen molar-refractivity contribution >= 4 is 33.1 Å². The number of nitrogens with one attached hydrogen (secondary N) is 1. The smallest absolute Gasteiger partial charge is 0.263 e. The van der Waals surface area contributed by atoms with Gasteiger partial charge >= 0.3 is 0 Å². The molecule has 3 N–H and O–H groups in total. The molecule has 18 heavy (non-hydrogen) atoms. The Labute approximate surface area is 110 Å². The first-order valence-electron chi connectivity index (χ1n) is 5.80. The van der Waals surface area contributed by atoms with Crippen molar-refractivity contribution in [1.82, 2.24) is 10.3 Å². The van der Waals surface area contributed by atoms with Gasteiger partial charge in [-0.3, -0.25) is 9.78 Å². The van der Waals surface area contributed by atoms with Gasteiger partial charge < -0.3 is 11.1 Å². The Bertz CT molecular complexity index is 583. The van der Waals surface area contributed by atoms with Crippen LogP contribution in [-0.2, 0) is 0 Å². The third-order valence-electron chi connectivity index (χ3n) is 2.47. The van der Waals surface area contributed by atoms with Gasteiger partial charge in [0.25, 0.3) is 5.91 Å². The summed E-state index contributed by atoms with van der Waals surface area (Å²) in [5, 5.41) is 2.90. The van der Waals surface area contributed by atoms with Crippen molar-refractivity contribution in [2.75, 3.05) is 12.3 Å². The number of thiophene rings is 1. The Hall–Kier alpha value is -1.62. The van der Waals surface area contributed by atoms with E-state index in [9.17, 15) is 4.79 Å². The fourth-order valence-electron chi connectivity index (χ4n) is 1.54. The van der Waals surface area contributed by atoms with Crippen LogP contribution in [0.5, 0.6) is 0 Å². The van der Waals surface area contributed by atoms with Crippen molar-refractivity contribution in [1.29, 1.82) is 0 Å². The molecule has 96 valence electrons. The Kier molecular flexibility index (Phi) is 3.26. The van der Waals surface area contributed by atoms with Gasteiger partial charge in [-0.25, -0.2) is 0 Å². The van der Waals surface area contributed by atoms with Crippen LogP contribution in [0.25, 0.3) is 10.2 Å². The minimum atomic E-state index is -0.120. The maximum atomic E-state index is 12.1. The summed E-state index contributed by atoms with van der Waals surface area (Å²) >= 11 is 1.38. The zero-order chi connectivity index (χ0) is 13.3. The van der Waals surface area contributed by atoms with Gasteiger partial charge in [-0.05, 0) is 17.5 Å². The zero-order valence-electron chi connectivity index (χ0n) is 10.8. The van der Waals surface area contributed by atoms with Gasteiger partial charge in [0, 0.05) is 12.7 Å². The van der Waals surface area contributed by atoms with Crippen LogP contribution in [0, 0.1) is 5.41 Å². The number of hydrogen-bond acceptors (Lipinski definition) is 4. The molecule has 2 aromatic rings. The number of amides is 1. The van der Waals surface area contributed by atoms with Crippen molar-refractivity contribution in [2.45, 2.75) is 20.8 Å². The van der Waals surface area contributed by atoms with E-state index in [1.807, 2.05) is 12.1 Å². The average Bonchev–Trinajstić information content (AvgIpc) is 2.64. The van der Waals surface area contributed by atoms with Gasteiger partial charge in [0.15, 0.2) is 0 Å². The van der Waals surface area contributed by atoms with E-state index < -0.39 is 0 Å². The molecule has 0 aliphatic carbocycles. The van der Waals surface area contributed by atoms with Gasteiger partial charge in [-0.15, -0.1) is 11.3 Å². The summed E-state index contributed by atoms with van der Waals surface area (Å²) in [5.74, 6) is -0.120. The van der Waals surface area contributed by atoms with Crippen LogP contribution in [0.15, 0.2) is 18.3 Å². The molecule has 2 aromatic heterocycles. The minimum Gasteiger partial charge on any atom is -0.396 e. The van der Waals surface area contributed by atoms with Crippen molar-refractivity contribution in [3.05, 3.63) is 23.2 Å². The summed E-state index contributed by atoms with van der Waals surface area (Å²) < 4.78 is 0.941. The van der Waals surface area contributed by atoms with Gasteiger partial charge in [-0.2, -0.15) is 0 Å². The Morgan fingerprint density at radius 3 is 2.83 bits per heavy atom. The summed E-state index contributed by atoms with van der Waals surface area (Å²) in [5.41, 5.74) is 7.21. The number of fused-ring (bicyclic) bond motifs is 1. The fourth-order valence-corrected chi connectivity index (χ4v) is 2.54. The molecule has 5 heteroatoms. The summed E-state index contributed by atoms with van der Waals surface area (Å²) in [6.45, 7) is 6.84. The molecule has 1 amide bonds. The second-order valence-corrected chi connectivity index (χ2v) is 6.49. The molecule has 0 spiro atoms. The highest BCUT2D eigenvalue weighted by Crippen LogP contribution is 2.31. The first kappa shape index (κ1) is 12.8. The van der Waals surface area contributed by atoms with Crippen LogP contribution in [0.3, 0.4) is 0 Å². The molecule has 0 aliphatic rings. The van der Waals surface area contributed by atoms with Crippen molar-refractivity contribution in [2.24, 2.45) is 5.41 Å². The number of anilines is 1. The maximum Gasteiger partial charge on any atom is 0.263 e. The van der Waals surface area contributed by atoms with Crippen LogP contribution in [-0.4, -0.2) is 17.4 Å². The lowest BCUT2D eigenvalue weighted by molar-refractivity contribution is 0.0944. The van der Waals surface area contributed by atoms with Gasteiger partial charge in [0.1, 0.15) is 10.4 Å². The Morgan fingerprint density at radius 1 is 1.50 bits per heavy atom. The normalized spacial score (nSPS) is 11.7. The first-order valence-corrected chi connectivity index (χ1v) is 6.61. The van der Waals surface area contributed by atoms with E-state index in [1.165, 1.54) is 11.3 Å². The predicted octanol–water partition coefficient (Wildman–Crippen LogP) is 2.65. The standard InChI is InChI=1S/C13H17N3OS/c1-13(2,3)7-16-12(17)11-9(14)10-8(18-11)5-4-6-15-10/h4-6H,7,14H2,1-3H3,(H,16,17). The second kappa shape index (κ2) is 4.57. The average molecular weight is 263 g/mol. The third kappa shape index (κ3) is 2.61. The highest BCUT2D eigenvalue weighted by Gasteiger charge is 2.18. The van der Waals surface area contributed by atoms with Crippen LogP contribution >= 0.6 is 11.3 Å². The van der Waals surface area contributed by atoms with Gasteiger partial charge in [-0.1, -0.05) is 20.8 Å². The number of nitrogens with zero attached hydrogens (tertiary/aromatic N) is 1. The number of rotatable bonds is 2. The number of nitrogens with two attached hydrogens (primary N) is 1. The predicted molar refractivity (Wildman–Crippen MR) is 75.8 cm³/mol. The molecular weight excluding hydrogens is 246 g/mol. The lowest BCUT2D eigenvalue weighted by Gasteiger charge is -2.18. The zero-order valence-corrected chi connectivity index (χ0v) is 11.6. The van der Waals surface area contributed by atoms with Crippen molar-refractivity contribution in [3.63, 3.8) is 0 Å². The summed E-state index contributed by atoms with van der Waals surface area (Å²) in [7, 11) is 0. The first-order chi connectivity index (χ1) is 8.38. The molecule has 0 radical (unpaired) electrons. The highest BCUT2D eigenvalue weighted by atomic mass is 32.1. The number of carbonyl (C=O) groups excluding carboxylic acids is 1. The Morgan fingerprint density at radius 2 is 2.22 bits per heavy atom. The molecule has 0 fully saturated rings. The summed E-state index contributed by atoms with van der Waals surface area (Å²) in [6, 6.07) is 3.76. The van der Waals surface area contributed by atoms with E-state index in [4.69, 9.17) is 5.73 Å². The van der Waals surface area contributed by atoms with E-state index in [1.54, 1.807) is 6.20 Å². The van der Waals surface area contributed by atoms with Crippen LogP contribution in [0.2, 0.25) is 0 Å². The van der Waals surface area contributed by atoms with E-state index in [2.05, 4.69) is 31.1 Å². The van der Waals surface area contributed by atoms with Gasteiger partial charge in [0.05, 0.1) is 10.4 Å². The van der Waals surface area contributed by atoms with Crippen LogP contribution in [0.1, 0.15) is 30.4 Å². The van der Waals surface area contributed by atoms with E-state index in [0.29, 0.717) is 22.6 Å². The number of pyridine rings is 1. The lowest BCUT2D eigenvalue weighted by atomic mass is 9.97. The van der Waals surface area contributed by atoms with E-state index in [-0.39, 0.29) is 11.3 Å². The molecule has 0 saturated carbocycles. The summed E-state index contributed by atoms with van der Waals surface area (Å²) in [4.78, 5) is 16.8. The topological polar surface area (TPSA) is 68.0 Å². The monoisotopic (exact) mass is 263 g/mol. The molecule has 0 bridgehead atoms. The number of aromatic nitrogens is 1. The van der Waals surface area contributed by atoms with Gasteiger partial charge in [0.2, 0.25) is 0 Å². The number of hydrogen-bond donors (Lipinski definition) is 2.